The van der Waals surface area contributed by atoms with Crippen LogP contribution in [0.2, 0.25) is 0 Å². The second-order valence-electron chi connectivity index (χ2n) is 16.4. The van der Waals surface area contributed by atoms with Crippen LogP contribution in [0.5, 0.6) is 0 Å². The molecule has 61 heavy (non-hydrogen) atoms. The van der Waals surface area contributed by atoms with E-state index in [1.165, 1.54) is 93.9 Å². The van der Waals surface area contributed by atoms with Crippen LogP contribution >= 0.6 is 0 Å². The Morgan fingerprint density at radius 1 is 0.344 bits per heavy atom. The number of anilines is 3. The van der Waals surface area contributed by atoms with Gasteiger partial charge >= 0.3 is 0 Å². The number of hydrogen-bond acceptors (Lipinski definition) is 1. The Labute approximate surface area is 354 Å². The molecular formula is C59H38N2. The summed E-state index contributed by atoms with van der Waals surface area (Å²) in [5.41, 5.74) is 19.1. The highest BCUT2D eigenvalue weighted by Crippen LogP contribution is 2.63. The summed E-state index contributed by atoms with van der Waals surface area (Å²) in [5, 5.41) is 4.97. The lowest BCUT2D eigenvalue weighted by molar-refractivity contribution is 0.748. The van der Waals surface area contributed by atoms with Gasteiger partial charge in [0, 0.05) is 27.3 Å². The standard InChI is InChI=1S/C59H38N2/c1-2-18-39(19-3-1)41-22-14-23-42(38-41)44-25-7-11-33-52(44)60(53-36-15-21-40-20-4-5-24-43(40)53)56-37-17-31-50-57(56)47-27-6-9-29-48(47)59(50)49-30-10-13-35-55(49)61-54-34-12-8-26-45(54)46-28-16-32-51(59)58(46)61/h1-38H. The second-order valence-corrected chi connectivity index (χ2v) is 16.4. The van der Waals surface area contributed by atoms with Gasteiger partial charge in [-0.15, -0.1) is 0 Å². The van der Waals surface area contributed by atoms with Crippen molar-refractivity contribution in [2.75, 3.05) is 4.90 Å². The van der Waals surface area contributed by atoms with Crippen molar-refractivity contribution < 1.29 is 0 Å². The van der Waals surface area contributed by atoms with Gasteiger partial charge in [0.05, 0.1) is 39.2 Å². The van der Waals surface area contributed by atoms with Crippen LogP contribution < -0.4 is 4.90 Å². The molecule has 11 aromatic rings. The molecule has 2 nitrogen and oxygen atoms in total. The van der Waals surface area contributed by atoms with Gasteiger partial charge in [-0.1, -0.05) is 194 Å². The van der Waals surface area contributed by atoms with E-state index < -0.39 is 5.41 Å². The lowest BCUT2D eigenvalue weighted by Gasteiger charge is -2.39. The van der Waals surface area contributed by atoms with E-state index in [0.717, 1.165) is 17.1 Å². The third-order valence-electron chi connectivity index (χ3n) is 13.4. The van der Waals surface area contributed by atoms with E-state index in [1.807, 2.05) is 0 Å². The van der Waals surface area contributed by atoms with Crippen molar-refractivity contribution in [1.29, 1.82) is 0 Å². The van der Waals surface area contributed by atoms with E-state index in [1.54, 1.807) is 0 Å². The fourth-order valence-corrected chi connectivity index (χ4v) is 11.0. The summed E-state index contributed by atoms with van der Waals surface area (Å²) in [6.07, 6.45) is 0. The largest absolute Gasteiger partial charge is 0.309 e. The molecule has 1 atom stereocenters. The summed E-state index contributed by atoms with van der Waals surface area (Å²) in [4.78, 5) is 2.55. The molecular weight excluding hydrogens is 737 g/mol. The molecule has 13 rings (SSSR count). The van der Waals surface area contributed by atoms with Gasteiger partial charge in [-0.25, -0.2) is 0 Å². The Bertz CT molecular complexity index is 3550. The molecule has 0 amide bonds. The van der Waals surface area contributed by atoms with E-state index in [0.29, 0.717) is 0 Å². The van der Waals surface area contributed by atoms with Crippen LogP contribution in [0.1, 0.15) is 22.3 Å². The smallest absolute Gasteiger partial charge is 0.0755 e. The number of benzene rings is 10. The van der Waals surface area contributed by atoms with Gasteiger partial charge < -0.3 is 9.47 Å². The molecule has 2 aliphatic rings. The van der Waals surface area contributed by atoms with Gasteiger partial charge in [-0.05, 0) is 86.3 Å². The summed E-state index contributed by atoms with van der Waals surface area (Å²) < 4.78 is 2.52. The molecule has 1 aromatic heterocycles. The van der Waals surface area contributed by atoms with Crippen LogP contribution in [0, 0.1) is 0 Å². The van der Waals surface area contributed by atoms with E-state index in [-0.39, 0.29) is 0 Å². The van der Waals surface area contributed by atoms with Crippen molar-refractivity contribution >= 4 is 49.6 Å². The van der Waals surface area contributed by atoms with Crippen LogP contribution in [0.4, 0.5) is 17.1 Å². The van der Waals surface area contributed by atoms with E-state index in [9.17, 15) is 0 Å². The topological polar surface area (TPSA) is 8.17 Å². The minimum atomic E-state index is -0.559. The highest BCUT2D eigenvalue weighted by atomic mass is 15.2. The molecule has 1 aliphatic carbocycles. The maximum absolute atomic E-state index is 2.55. The van der Waals surface area contributed by atoms with Crippen molar-refractivity contribution in [2.45, 2.75) is 5.41 Å². The molecule has 0 saturated heterocycles. The molecule has 0 bridgehead atoms. The number of para-hydroxylation sites is 4. The Morgan fingerprint density at radius 2 is 0.918 bits per heavy atom. The zero-order valence-electron chi connectivity index (χ0n) is 33.3. The molecule has 1 spiro atoms. The number of nitrogens with zero attached hydrogens (tertiary/aromatic N) is 2. The van der Waals surface area contributed by atoms with Gasteiger partial charge in [0.15, 0.2) is 0 Å². The second kappa shape index (κ2) is 13.0. The van der Waals surface area contributed by atoms with Crippen molar-refractivity contribution in [2.24, 2.45) is 0 Å². The first-order chi connectivity index (χ1) is 30.3. The normalized spacial score (nSPS) is 14.6. The molecule has 2 heterocycles. The Balaban J connectivity index is 1.14. The van der Waals surface area contributed by atoms with E-state index >= 15 is 0 Å². The first-order valence-electron chi connectivity index (χ1n) is 21.2. The lowest BCUT2D eigenvalue weighted by Crippen LogP contribution is -2.33. The fraction of sp³-hybridized carbons (Fsp3) is 0.0169. The zero-order chi connectivity index (χ0) is 40.1. The minimum absolute atomic E-state index is 0.559. The summed E-state index contributed by atoms with van der Waals surface area (Å²) in [6, 6.07) is 85.4. The molecule has 284 valence electrons. The van der Waals surface area contributed by atoms with Crippen LogP contribution in [-0.4, -0.2) is 4.57 Å². The van der Waals surface area contributed by atoms with Gasteiger partial charge in [0.2, 0.25) is 0 Å². The van der Waals surface area contributed by atoms with Gasteiger partial charge in [-0.2, -0.15) is 0 Å². The quantitative estimate of drug-likeness (QED) is 0.169. The van der Waals surface area contributed by atoms with Crippen LogP contribution in [0.15, 0.2) is 231 Å². The van der Waals surface area contributed by atoms with Crippen molar-refractivity contribution in [3.63, 3.8) is 0 Å². The number of fused-ring (bicyclic) bond motifs is 13. The molecule has 0 radical (unpaired) electrons. The number of hydrogen-bond donors (Lipinski definition) is 0. The van der Waals surface area contributed by atoms with Gasteiger partial charge in [-0.3, -0.25) is 0 Å². The lowest BCUT2D eigenvalue weighted by atomic mass is 9.65. The highest BCUT2D eigenvalue weighted by Gasteiger charge is 2.51. The number of rotatable bonds is 5. The third kappa shape index (κ3) is 4.67. The molecule has 0 fully saturated rings. The molecule has 1 unspecified atom stereocenters. The third-order valence-corrected chi connectivity index (χ3v) is 13.4. The van der Waals surface area contributed by atoms with Gasteiger partial charge in [0.1, 0.15) is 0 Å². The Morgan fingerprint density at radius 3 is 1.84 bits per heavy atom. The summed E-state index contributed by atoms with van der Waals surface area (Å²) in [7, 11) is 0. The Kier molecular flexibility index (Phi) is 7.26. The van der Waals surface area contributed by atoms with Crippen molar-refractivity contribution in [3.8, 4) is 39.1 Å². The Hall–Kier alpha value is -7.94. The average molecular weight is 775 g/mol. The monoisotopic (exact) mass is 774 g/mol. The number of aromatic nitrogens is 1. The predicted molar refractivity (Wildman–Crippen MR) is 255 cm³/mol. The molecule has 10 aromatic carbocycles. The first kappa shape index (κ1) is 34.0. The highest BCUT2D eigenvalue weighted by molar-refractivity contribution is 6.13. The molecule has 1 aliphatic heterocycles. The first-order valence-corrected chi connectivity index (χ1v) is 21.2. The maximum Gasteiger partial charge on any atom is 0.0755 e. The zero-order valence-corrected chi connectivity index (χ0v) is 33.3. The SMILES string of the molecule is c1ccc(-c2cccc(-c3ccccc3N(c3cccc4c3-c3ccccc3C43c4ccccc4-n4c5ccccc5c5cccc3c54)c3cccc4ccccc34)c2)cc1. The van der Waals surface area contributed by atoms with E-state index in [4.69, 9.17) is 0 Å². The van der Waals surface area contributed by atoms with Gasteiger partial charge in [0.25, 0.3) is 0 Å². The van der Waals surface area contributed by atoms with Crippen molar-refractivity contribution in [1.82, 2.24) is 4.57 Å². The van der Waals surface area contributed by atoms with Crippen molar-refractivity contribution in [3.05, 3.63) is 253 Å². The van der Waals surface area contributed by atoms with E-state index in [2.05, 4.69) is 240 Å². The summed E-state index contributed by atoms with van der Waals surface area (Å²) in [6.45, 7) is 0. The van der Waals surface area contributed by atoms with Crippen LogP contribution in [0.3, 0.4) is 0 Å². The molecule has 2 heteroatoms. The minimum Gasteiger partial charge on any atom is -0.309 e. The summed E-state index contributed by atoms with van der Waals surface area (Å²) in [5.74, 6) is 0. The van der Waals surface area contributed by atoms with Crippen LogP contribution in [-0.2, 0) is 5.41 Å². The fourth-order valence-electron chi connectivity index (χ4n) is 11.0. The predicted octanol–water partition coefficient (Wildman–Crippen LogP) is 15.4. The molecule has 0 saturated carbocycles. The van der Waals surface area contributed by atoms with Crippen LogP contribution in [0.25, 0.3) is 71.6 Å². The summed E-state index contributed by atoms with van der Waals surface area (Å²) >= 11 is 0. The average Bonchev–Trinajstić information content (AvgIpc) is 3.83. The maximum atomic E-state index is 2.55. The molecule has 0 N–H and O–H groups in total.